The van der Waals surface area contributed by atoms with Gasteiger partial charge in [0.2, 0.25) is 0 Å². The molecule has 33 heavy (non-hydrogen) atoms. The summed E-state index contributed by atoms with van der Waals surface area (Å²) in [5.74, 6) is -0.114. The number of hydrogen-bond donors (Lipinski definition) is 0. The van der Waals surface area contributed by atoms with Gasteiger partial charge in [0.15, 0.2) is 10.7 Å². The fourth-order valence-electron chi connectivity index (χ4n) is 3.45. The number of hydrogen-bond acceptors (Lipinski definition) is 7. The molecule has 2 aromatic carbocycles. The van der Waals surface area contributed by atoms with Gasteiger partial charge < -0.3 is 4.74 Å². The normalized spacial score (nSPS) is 11.2. The summed E-state index contributed by atoms with van der Waals surface area (Å²) in [5.41, 5.74) is 4.61. The summed E-state index contributed by atoms with van der Waals surface area (Å²) in [6.07, 6.45) is 1.85. The van der Waals surface area contributed by atoms with Gasteiger partial charge in [0, 0.05) is 5.56 Å². The third kappa shape index (κ3) is 4.83. The van der Waals surface area contributed by atoms with E-state index in [1.165, 1.54) is 23.1 Å². The van der Waals surface area contributed by atoms with Gasteiger partial charge in [0.1, 0.15) is 21.7 Å². The predicted molar refractivity (Wildman–Crippen MR) is 136 cm³/mol. The van der Waals surface area contributed by atoms with Crippen molar-refractivity contribution in [3.05, 3.63) is 70.4 Å². The summed E-state index contributed by atoms with van der Waals surface area (Å²) >= 11 is 9.55. The Morgan fingerprint density at radius 3 is 2.64 bits per heavy atom. The highest BCUT2D eigenvalue weighted by molar-refractivity contribution is 7.98. The quantitative estimate of drug-likeness (QED) is 0.210. The Kier molecular flexibility index (Phi) is 7.17. The zero-order chi connectivity index (χ0) is 23.5. The molecular weight excluding hydrogens is 476 g/mol. The Balaban J connectivity index is 1.89. The Morgan fingerprint density at radius 1 is 1.15 bits per heavy atom. The largest absolute Gasteiger partial charge is 0.450 e. The van der Waals surface area contributed by atoms with Gasteiger partial charge in [0.25, 0.3) is 0 Å². The lowest BCUT2D eigenvalue weighted by molar-refractivity contribution is 0.0572. The molecule has 0 bridgehead atoms. The number of carbonyl (C=O) groups is 1. The van der Waals surface area contributed by atoms with Crippen molar-refractivity contribution >= 4 is 40.7 Å². The molecule has 0 spiro atoms. The number of thioether (sulfide) groups is 1. The van der Waals surface area contributed by atoms with Crippen molar-refractivity contribution in [1.29, 1.82) is 0 Å². The minimum Gasteiger partial charge on any atom is -0.450 e. The summed E-state index contributed by atoms with van der Waals surface area (Å²) < 4.78 is 6.98. The fraction of sp³-hybridized carbons (Fsp3) is 0.250. The van der Waals surface area contributed by atoms with Crippen LogP contribution >= 0.6 is 34.7 Å². The Labute approximate surface area is 206 Å². The van der Waals surface area contributed by atoms with Gasteiger partial charge in [-0.05, 0) is 36.8 Å². The SMILES string of the molecule is CSCOC(=O)c1nn(-c2ccccc2C(C)C)c(-c2nnc(-c3cccc(C)c3)s2)c1Cl. The highest BCUT2D eigenvalue weighted by atomic mass is 35.5. The molecule has 4 rings (SSSR count). The zero-order valence-corrected chi connectivity index (χ0v) is 21.1. The van der Waals surface area contributed by atoms with Crippen LogP contribution in [0.1, 0.15) is 41.4 Å². The number of benzene rings is 2. The van der Waals surface area contributed by atoms with Crippen molar-refractivity contribution in [2.75, 3.05) is 12.2 Å². The number of para-hydroxylation sites is 1. The minimum absolute atomic E-state index is 0.0616. The monoisotopic (exact) mass is 498 g/mol. The van der Waals surface area contributed by atoms with Crippen LogP contribution in [0.4, 0.5) is 0 Å². The molecule has 6 nitrogen and oxygen atoms in total. The molecule has 0 fully saturated rings. The second-order valence-corrected chi connectivity index (χ2v) is 9.93. The van der Waals surface area contributed by atoms with E-state index in [1.807, 2.05) is 55.6 Å². The van der Waals surface area contributed by atoms with E-state index in [0.29, 0.717) is 10.7 Å². The van der Waals surface area contributed by atoms with Crippen molar-refractivity contribution in [1.82, 2.24) is 20.0 Å². The number of rotatable bonds is 7. The van der Waals surface area contributed by atoms with E-state index in [4.69, 9.17) is 16.3 Å². The Bertz CT molecular complexity index is 1300. The molecule has 0 N–H and O–H groups in total. The fourth-order valence-corrected chi connectivity index (χ4v) is 4.89. The molecule has 9 heteroatoms. The van der Waals surface area contributed by atoms with Crippen LogP contribution in [-0.4, -0.2) is 38.1 Å². The lowest BCUT2D eigenvalue weighted by Gasteiger charge is -2.14. The van der Waals surface area contributed by atoms with Crippen LogP contribution < -0.4 is 0 Å². The molecule has 0 unspecified atom stereocenters. The van der Waals surface area contributed by atoms with Crippen LogP contribution in [0.5, 0.6) is 0 Å². The first-order valence-electron chi connectivity index (χ1n) is 10.4. The van der Waals surface area contributed by atoms with Crippen LogP contribution in [0.3, 0.4) is 0 Å². The Hall–Kier alpha value is -2.68. The van der Waals surface area contributed by atoms with Gasteiger partial charge in [-0.25, -0.2) is 9.48 Å². The number of aromatic nitrogens is 4. The first-order chi connectivity index (χ1) is 15.9. The molecule has 2 aromatic heterocycles. The average Bonchev–Trinajstić information content (AvgIpc) is 3.42. The average molecular weight is 499 g/mol. The Morgan fingerprint density at radius 2 is 1.91 bits per heavy atom. The van der Waals surface area contributed by atoms with Crippen LogP contribution in [0.25, 0.3) is 27.0 Å². The first-order valence-corrected chi connectivity index (χ1v) is 12.9. The van der Waals surface area contributed by atoms with E-state index in [1.54, 1.807) is 4.68 Å². The van der Waals surface area contributed by atoms with E-state index in [2.05, 4.69) is 35.2 Å². The molecule has 4 aromatic rings. The van der Waals surface area contributed by atoms with Gasteiger partial charge in [0.05, 0.1) is 5.69 Å². The first kappa shape index (κ1) is 23.5. The molecule has 0 radical (unpaired) electrons. The summed E-state index contributed by atoms with van der Waals surface area (Å²) in [5, 5.41) is 14.9. The molecule has 0 aliphatic carbocycles. The zero-order valence-electron chi connectivity index (χ0n) is 18.7. The maximum Gasteiger partial charge on any atom is 0.361 e. The van der Waals surface area contributed by atoms with Crippen LogP contribution in [0.2, 0.25) is 5.02 Å². The second kappa shape index (κ2) is 10.1. The highest BCUT2D eigenvalue weighted by Gasteiger charge is 2.28. The lowest BCUT2D eigenvalue weighted by Crippen LogP contribution is -2.08. The molecule has 170 valence electrons. The van der Waals surface area contributed by atoms with E-state index in [9.17, 15) is 4.79 Å². The van der Waals surface area contributed by atoms with E-state index >= 15 is 0 Å². The molecule has 0 saturated carbocycles. The molecule has 0 aliphatic rings. The third-order valence-electron chi connectivity index (χ3n) is 5.01. The standard InChI is InChI=1S/C24H23ClN4O2S2/c1-14(2)17-10-5-6-11-18(17)29-21(19(25)20(28-29)24(30)31-13-32-4)23-27-26-22(33-23)16-9-7-8-15(3)12-16/h5-12,14H,13H2,1-4H3. The topological polar surface area (TPSA) is 69.9 Å². The van der Waals surface area contributed by atoms with E-state index in [-0.39, 0.29) is 22.6 Å². The molecule has 0 saturated heterocycles. The molecule has 2 heterocycles. The van der Waals surface area contributed by atoms with Crippen LogP contribution in [0.15, 0.2) is 48.5 Å². The number of carbonyl (C=O) groups excluding carboxylic acids is 1. The van der Waals surface area contributed by atoms with E-state index in [0.717, 1.165) is 27.4 Å². The number of esters is 1. The summed E-state index contributed by atoms with van der Waals surface area (Å²) in [6, 6.07) is 16.0. The number of aryl methyl sites for hydroxylation is 1. The summed E-state index contributed by atoms with van der Waals surface area (Å²) in [6.45, 7) is 6.25. The number of halogens is 1. The lowest BCUT2D eigenvalue weighted by atomic mass is 10.0. The molecule has 0 aliphatic heterocycles. The summed E-state index contributed by atoms with van der Waals surface area (Å²) in [4.78, 5) is 12.7. The number of nitrogens with zero attached hydrogens (tertiary/aromatic N) is 4. The maximum absolute atomic E-state index is 12.7. The third-order valence-corrected chi connectivity index (χ3v) is 6.70. The molecule has 0 atom stereocenters. The smallest absolute Gasteiger partial charge is 0.361 e. The minimum atomic E-state index is -0.570. The van der Waals surface area contributed by atoms with Crippen LogP contribution in [-0.2, 0) is 4.74 Å². The molecular formula is C24H23ClN4O2S2. The van der Waals surface area contributed by atoms with Gasteiger partial charge in [-0.3, -0.25) is 0 Å². The molecule has 0 amide bonds. The van der Waals surface area contributed by atoms with Crippen molar-refractivity contribution in [3.8, 4) is 27.0 Å². The van der Waals surface area contributed by atoms with Gasteiger partial charge in [-0.15, -0.1) is 22.0 Å². The second-order valence-electron chi connectivity index (χ2n) is 7.76. The highest BCUT2D eigenvalue weighted by Crippen LogP contribution is 2.38. The van der Waals surface area contributed by atoms with Crippen LogP contribution in [0, 0.1) is 6.92 Å². The van der Waals surface area contributed by atoms with E-state index < -0.39 is 5.97 Å². The van der Waals surface area contributed by atoms with Gasteiger partial charge in [-0.1, -0.05) is 78.7 Å². The summed E-state index contributed by atoms with van der Waals surface area (Å²) in [7, 11) is 0. The van der Waals surface area contributed by atoms with Crippen molar-refractivity contribution in [2.45, 2.75) is 26.7 Å². The van der Waals surface area contributed by atoms with Gasteiger partial charge >= 0.3 is 5.97 Å². The van der Waals surface area contributed by atoms with Crippen molar-refractivity contribution in [2.24, 2.45) is 0 Å². The maximum atomic E-state index is 12.7. The predicted octanol–water partition coefficient (Wildman–Crippen LogP) is 6.62. The number of ether oxygens (including phenoxy) is 1. The van der Waals surface area contributed by atoms with Gasteiger partial charge in [-0.2, -0.15) is 5.10 Å². The van der Waals surface area contributed by atoms with Crippen molar-refractivity contribution < 1.29 is 9.53 Å². The van der Waals surface area contributed by atoms with Crippen molar-refractivity contribution in [3.63, 3.8) is 0 Å².